The van der Waals surface area contributed by atoms with Crippen LogP contribution in [-0.4, -0.2) is 57.5 Å². The number of rotatable bonds is 6. The molecule has 0 radical (unpaired) electrons. The number of aromatic nitrogens is 4. The van der Waals surface area contributed by atoms with E-state index in [-0.39, 0.29) is 18.1 Å². The minimum Gasteiger partial charge on any atom is -0.376 e. The SMILES string of the molecule is Cn1nccc1C(=O)N[C@H]1C[C@H]2CN(c3cnccn3)C[C@H]2C[C@@H]1OCC1CC1. The molecule has 4 atom stereocenters. The van der Waals surface area contributed by atoms with Crippen molar-refractivity contribution in [1.29, 1.82) is 0 Å². The molecule has 1 aliphatic heterocycles. The van der Waals surface area contributed by atoms with Crippen molar-refractivity contribution >= 4 is 11.7 Å². The van der Waals surface area contributed by atoms with Crippen molar-refractivity contribution in [2.75, 3.05) is 24.6 Å². The highest BCUT2D eigenvalue weighted by Gasteiger charge is 2.44. The Kier molecular flexibility index (Phi) is 4.95. The summed E-state index contributed by atoms with van der Waals surface area (Å²) in [5.41, 5.74) is 0.584. The summed E-state index contributed by atoms with van der Waals surface area (Å²) in [6.45, 7) is 2.75. The Balaban J connectivity index is 1.29. The molecule has 8 nitrogen and oxygen atoms in total. The standard InChI is InChI=1S/C21H28N6O2/c1-26-18(4-5-24-26)21(28)25-17-8-15-11-27(20-10-22-6-7-23-20)12-16(15)9-19(17)29-13-14-2-3-14/h4-7,10,14-17,19H,2-3,8-9,11-13H2,1H3,(H,25,28)/t15-,16+,17-,19-/m0/s1. The first-order valence-electron chi connectivity index (χ1n) is 10.6. The first-order chi connectivity index (χ1) is 14.2. The number of aryl methyl sites for hydroxylation is 1. The van der Waals surface area contributed by atoms with Gasteiger partial charge in [0.15, 0.2) is 0 Å². The van der Waals surface area contributed by atoms with Gasteiger partial charge in [-0.1, -0.05) is 0 Å². The van der Waals surface area contributed by atoms with E-state index in [9.17, 15) is 4.79 Å². The second kappa shape index (κ2) is 7.74. The molecule has 8 heteroatoms. The Hall–Kier alpha value is -2.48. The highest BCUT2D eigenvalue weighted by atomic mass is 16.5. The zero-order chi connectivity index (χ0) is 19.8. The van der Waals surface area contributed by atoms with Crippen LogP contribution in [0, 0.1) is 17.8 Å². The molecule has 1 saturated heterocycles. The van der Waals surface area contributed by atoms with E-state index < -0.39 is 0 Å². The highest BCUT2D eigenvalue weighted by molar-refractivity contribution is 5.92. The van der Waals surface area contributed by atoms with Crippen LogP contribution < -0.4 is 10.2 Å². The average Bonchev–Trinajstić information content (AvgIpc) is 3.31. The number of nitrogens with one attached hydrogen (secondary N) is 1. The third-order valence-electron chi connectivity index (χ3n) is 6.60. The van der Waals surface area contributed by atoms with Gasteiger partial charge in [0, 0.05) is 45.3 Å². The zero-order valence-corrected chi connectivity index (χ0v) is 16.8. The van der Waals surface area contributed by atoms with Crippen LogP contribution in [0.1, 0.15) is 36.2 Å². The Bertz CT molecular complexity index is 852. The van der Waals surface area contributed by atoms with Gasteiger partial charge in [-0.15, -0.1) is 0 Å². The van der Waals surface area contributed by atoms with Gasteiger partial charge in [0.2, 0.25) is 0 Å². The van der Waals surface area contributed by atoms with E-state index in [2.05, 4.69) is 25.3 Å². The molecule has 2 aromatic heterocycles. The number of anilines is 1. The minimum atomic E-state index is -0.0720. The van der Waals surface area contributed by atoms with Crippen LogP contribution in [0.4, 0.5) is 5.82 Å². The van der Waals surface area contributed by atoms with Crippen LogP contribution in [-0.2, 0) is 11.8 Å². The van der Waals surface area contributed by atoms with Crippen LogP contribution >= 0.6 is 0 Å². The molecule has 1 N–H and O–H groups in total. The fourth-order valence-electron chi connectivity index (χ4n) is 4.77. The predicted molar refractivity (Wildman–Crippen MR) is 107 cm³/mol. The van der Waals surface area contributed by atoms with Gasteiger partial charge in [-0.25, -0.2) is 4.98 Å². The normalized spacial score (nSPS) is 28.9. The summed E-state index contributed by atoms with van der Waals surface area (Å²) in [4.78, 5) is 23.8. The van der Waals surface area contributed by atoms with Crippen molar-refractivity contribution in [2.45, 2.75) is 37.8 Å². The maximum Gasteiger partial charge on any atom is 0.269 e. The molecule has 0 aromatic carbocycles. The zero-order valence-electron chi connectivity index (χ0n) is 16.8. The molecule has 2 aromatic rings. The summed E-state index contributed by atoms with van der Waals surface area (Å²) in [6, 6.07) is 1.78. The van der Waals surface area contributed by atoms with Crippen LogP contribution in [0.2, 0.25) is 0 Å². The van der Waals surface area contributed by atoms with E-state index in [4.69, 9.17) is 4.74 Å². The maximum atomic E-state index is 12.8. The van der Waals surface area contributed by atoms with Gasteiger partial charge in [0.1, 0.15) is 11.5 Å². The number of fused-ring (bicyclic) bond motifs is 1. The minimum absolute atomic E-state index is 0.0270. The Morgan fingerprint density at radius 1 is 1.21 bits per heavy atom. The fraction of sp³-hybridized carbons (Fsp3) is 0.619. The second-order valence-electron chi connectivity index (χ2n) is 8.70. The molecule has 29 heavy (non-hydrogen) atoms. The lowest BCUT2D eigenvalue weighted by Gasteiger charge is -2.38. The summed E-state index contributed by atoms with van der Waals surface area (Å²) in [5, 5.41) is 7.37. The molecule has 0 spiro atoms. The number of amides is 1. The van der Waals surface area contributed by atoms with Gasteiger partial charge in [0.05, 0.1) is 18.3 Å². The Morgan fingerprint density at radius 3 is 2.72 bits per heavy atom. The molecule has 3 heterocycles. The molecule has 1 amide bonds. The van der Waals surface area contributed by atoms with Crippen LogP contribution in [0.5, 0.6) is 0 Å². The topological polar surface area (TPSA) is 85.2 Å². The fourth-order valence-corrected chi connectivity index (χ4v) is 4.77. The molecule has 2 aliphatic carbocycles. The summed E-state index contributed by atoms with van der Waals surface area (Å²) in [6.07, 6.45) is 11.5. The number of hydrogen-bond acceptors (Lipinski definition) is 6. The van der Waals surface area contributed by atoms with Crippen molar-refractivity contribution in [1.82, 2.24) is 25.1 Å². The lowest BCUT2D eigenvalue weighted by Crippen LogP contribution is -2.51. The summed E-state index contributed by atoms with van der Waals surface area (Å²) < 4.78 is 7.95. The van der Waals surface area contributed by atoms with Crippen LogP contribution in [0.3, 0.4) is 0 Å². The van der Waals surface area contributed by atoms with Gasteiger partial charge in [-0.05, 0) is 49.5 Å². The van der Waals surface area contributed by atoms with E-state index in [1.54, 1.807) is 36.4 Å². The summed E-state index contributed by atoms with van der Waals surface area (Å²) in [5.74, 6) is 2.66. The smallest absolute Gasteiger partial charge is 0.269 e. The number of nitrogens with zero attached hydrogens (tertiary/aromatic N) is 5. The number of ether oxygens (including phenoxy) is 1. The second-order valence-corrected chi connectivity index (χ2v) is 8.70. The highest BCUT2D eigenvalue weighted by Crippen LogP contribution is 2.40. The lowest BCUT2D eigenvalue weighted by molar-refractivity contribution is -0.0212. The molecule has 3 fully saturated rings. The van der Waals surface area contributed by atoms with E-state index in [0.29, 0.717) is 23.4 Å². The third kappa shape index (κ3) is 3.99. The largest absolute Gasteiger partial charge is 0.376 e. The summed E-state index contributed by atoms with van der Waals surface area (Å²) in [7, 11) is 1.79. The van der Waals surface area contributed by atoms with Crippen molar-refractivity contribution in [2.24, 2.45) is 24.8 Å². The molecule has 154 valence electrons. The molecule has 3 aliphatic rings. The molecule has 2 saturated carbocycles. The Labute approximate surface area is 170 Å². The predicted octanol–water partition coefficient (Wildman–Crippen LogP) is 1.65. The number of carbonyl (C=O) groups excluding carboxylic acids is 1. The van der Waals surface area contributed by atoms with Crippen molar-refractivity contribution in [3.63, 3.8) is 0 Å². The van der Waals surface area contributed by atoms with Crippen molar-refractivity contribution < 1.29 is 9.53 Å². The number of hydrogen-bond donors (Lipinski definition) is 1. The van der Waals surface area contributed by atoms with Gasteiger partial charge >= 0.3 is 0 Å². The quantitative estimate of drug-likeness (QED) is 0.799. The van der Waals surface area contributed by atoms with Gasteiger partial charge < -0.3 is 15.0 Å². The molecular formula is C21H28N6O2. The molecule has 0 bridgehead atoms. The third-order valence-corrected chi connectivity index (χ3v) is 6.60. The lowest BCUT2D eigenvalue weighted by atomic mass is 9.77. The summed E-state index contributed by atoms with van der Waals surface area (Å²) >= 11 is 0. The van der Waals surface area contributed by atoms with E-state index >= 15 is 0 Å². The maximum absolute atomic E-state index is 12.8. The average molecular weight is 396 g/mol. The Morgan fingerprint density at radius 2 is 2.03 bits per heavy atom. The van der Waals surface area contributed by atoms with Crippen molar-refractivity contribution in [3.05, 3.63) is 36.5 Å². The van der Waals surface area contributed by atoms with Gasteiger partial charge in [-0.3, -0.25) is 14.5 Å². The monoisotopic (exact) mass is 396 g/mol. The first-order valence-corrected chi connectivity index (χ1v) is 10.6. The van der Waals surface area contributed by atoms with Crippen LogP contribution in [0.25, 0.3) is 0 Å². The number of carbonyl (C=O) groups is 1. The first kappa shape index (κ1) is 18.5. The van der Waals surface area contributed by atoms with E-state index in [0.717, 1.165) is 38.4 Å². The van der Waals surface area contributed by atoms with Gasteiger partial charge in [0.25, 0.3) is 5.91 Å². The van der Waals surface area contributed by atoms with Crippen LogP contribution in [0.15, 0.2) is 30.9 Å². The molecule has 5 rings (SSSR count). The van der Waals surface area contributed by atoms with E-state index in [1.807, 2.05) is 6.20 Å². The molecule has 0 unspecified atom stereocenters. The van der Waals surface area contributed by atoms with Gasteiger partial charge in [-0.2, -0.15) is 5.10 Å². The van der Waals surface area contributed by atoms with Crippen molar-refractivity contribution in [3.8, 4) is 0 Å². The molecular weight excluding hydrogens is 368 g/mol. The van der Waals surface area contributed by atoms with E-state index in [1.165, 1.54) is 12.8 Å².